The zero-order chi connectivity index (χ0) is 38.7. The van der Waals surface area contributed by atoms with Crippen LogP contribution in [0.1, 0.15) is 103 Å². The van der Waals surface area contributed by atoms with E-state index in [1.165, 1.54) is 14.2 Å². The second kappa shape index (κ2) is 40.5. The summed E-state index contributed by atoms with van der Waals surface area (Å²) >= 11 is 0. The van der Waals surface area contributed by atoms with Gasteiger partial charge in [0.1, 0.15) is 6.42 Å². The van der Waals surface area contributed by atoms with Crippen molar-refractivity contribution in [2.75, 3.05) is 14.2 Å². The molecule has 0 heterocycles. The molecule has 0 amide bonds. The quantitative estimate of drug-likeness (QED) is 0.124. The van der Waals surface area contributed by atoms with Gasteiger partial charge in [0.15, 0.2) is 17.5 Å². The maximum atomic E-state index is 11.5. The number of ether oxygens (including phenoxy) is 2. The molecule has 0 saturated heterocycles. The van der Waals surface area contributed by atoms with Crippen LogP contribution < -0.4 is 51.4 Å². The molecule has 11 heteroatoms. The molecule has 0 radical (unpaired) electrons. The van der Waals surface area contributed by atoms with Crippen molar-refractivity contribution in [1.29, 1.82) is 0 Å². The fourth-order valence-electron chi connectivity index (χ4n) is 2.97. The van der Waals surface area contributed by atoms with Crippen LogP contribution in [0.2, 0.25) is 0 Å². The van der Waals surface area contributed by atoms with Crippen LogP contribution in [0, 0.1) is 27.7 Å². The Morgan fingerprint density at radius 1 is 0.633 bits per heavy atom. The van der Waals surface area contributed by atoms with Crippen molar-refractivity contribution in [2.24, 2.45) is 0 Å². The summed E-state index contributed by atoms with van der Waals surface area (Å²) in [6, 6.07) is 21.7. The molecule has 49 heavy (non-hydrogen) atoms. The zero-order valence-electron chi connectivity index (χ0n) is 31.5. The first-order valence-electron chi connectivity index (χ1n) is 15.2. The number of carboxylic acid groups (broad SMARTS) is 1. The Morgan fingerprint density at radius 2 is 0.918 bits per heavy atom. The summed E-state index contributed by atoms with van der Waals surface area (Å²) in [7, 11) is 2.56. The van der Waals surface area contributed by atoms with Gasteiger partial charge in [-0.05, 0) is 50.5 Å². The predicted molar refractivity (Wildman–Crippen MR) is 188 cm³/mol. The van der Waals surface area contributed by atoms with Crippen molar-refractivity contribution in [3.8, 4) is 0 Å². The van der Waals surface area contributed by atoms with Gasteiger partial charge in [0.2, 0.25) is 0 Å². The van der Waals surface area contributed by atoms with Gasteiger partial charge in [0.25, 0.3) is 0 Å². The fourth-order valence-corrected chi connectivity index (χ4v) is 2.97. The fraction of sp³-hybridized carbons (Fsp3) is 0.342. The molecule has 0 aliphatic rings. The average Bonchev–Trinajstić information content (AvgIpc) is 3.09. The van der Waals surface area contributed by atoms with Crippen LogP contribution in [0.3, 0.4) is 0 Å². The van der Waals surface area contributed by atoms with Gasteiger partial charge < -0.3 is 14.6 Å². The number of methoxy groups -OCH3 is 2. The van der Waals surface area contributed by atoms with Crippen molar-refractivity contribution in [2.45, 2.75) is 75.7 Å². The zero-order valence-corrected chi connectivity index (χ0v) is 34.6. The van der Waals surface area contributed by atoms with E-state index in [0.717, 1.165) is 22.3 Å². The molecule has 0 bridgehead atoms. The van der Waals surface area contributed by atoms with Crippen molar-refractivity contribution < 1.29 is 99.5 Å². The van der Waals surface area contributed by atoms with Gasteiger partial charge in [0, 0.05) is 11.1 Å². The molecule has 3 aromatic carbocycles. The van der Waals surface area contributed by atoms with Crippen LogP contribution in [-0.4, -0.2) is 55.0 Å². The Labute approximate surface area is 335 Å². The predicted octanol–water partition coefficient (Wildman–Crippen LogP) is 5.12. The molecule has 0 aliphatic heterocycles. The summed E-state index contributed by atoms with van der Waals surface area (Å²) in [4.78, 5) is 69.4. The largest absolute Gasteiger partial charge is 1.00 e. The summed E-state index contributed by atoms with van der Waals surface area (Å²) in [5, 5.41) is 8.57. The Bertz CT molecular complexity index is 1310. The van der Waals surface area contributed by atoms with E-state index in [1.54, 1.807) is 44.2 Å². The average molecular weight is 709 g/mol. The van der Waals surface area contributed by atoms with Gasteiger partial charge in [0.05, 0.1) is 19.8 Å². The molecular formula is C38H53KO10. The SMILES string of the molecule is CC.CC.CC.CC(=O)c1ccccc1C.COC(=O)CC(=O)c1ccccc1C.Cc1ccccc1C(=O)O.O=C=O.[CH2-]C(=O)OC.[K+]. The number of ketones is 2. The van der Waals surface area contributed by atoms with Crippen molar-refractivity contribution >= 4 is 35.6 Å². The summed E-state index contributed by atoms with van der Waals surface area (Å²) in [5.41, 5.74) is 4.51. The van der Waals surface area contributed by atoms with Crippen molar-refractivity contribution in [3.63, 3.8) is 0 Å². The van der Waals surface area contributed by atoms with E-state index in [-0.39, 0.29) is 75.5 Å². The van der Waals surface area contributed by atoms with E-state index >= 15 is 0 Å². The molecule has 10 nitrogen and oxygen atoms in total. The number of rotatable bonds is 5. The molecule has 0 aliphatic carbocycles. The third-order valence-electron chi connectivity index (χ3n) is 5.11. The maximum Gasteiger partial charge on any atom is 1.00 e. The third kappa shape index (κ3) is 32.6. The van der Waals surface area contributed by atoms with Gasteiger partial charge in [-0.15, -0.1) is 0 Å². The first kappa shape index (κ1) is 57.6. The molecule has 1 N–H and O–H groups in total. The Kier molecular flexibility index (Phi) is 47.5. The topological polar surface area (TPSA) is 158 Å². The van der Waals surface area contributed by atoms with E-state index in [2.05, 4.69) is 16.4 Å². The number of aryl methyl sites for hydroxylation is 3. The smallest absolute Gasteiger partial charge is 0.492 e. The van der Waals surface area contributed by atoms with Crippen LogP contribution in [0.4, 0.5) is 0 Å². The van der Waals surface area contributed by atoms with Crippen LogP contribution in [0.5, 0.6) is 0 Å². The summed E-state index contributed by atoms with van der Waals surface area (Å²) < 4.78 is 8.42. The van der Waals surface area contributed by atoms with Gasteiger partial charge in [-0.1, -0.05) is 108 Å². The molecule has 0 unspecified atom stereocenters. The minimum atomic E-state index is -0.863. The molecule has 0 atom stereocenters. The van der Waals surface area contributed by atoms with Gasteiger partial charge >= 0.3 is 69.5 Å². The van der Waals surface area contributed by atoms with Gasteiger partial charge in [-0.25, -0.2) is 4.79 Å². The van der Waals surface area contributed by atoms with E-state index in [9.17, 15) is 24.0 Å². The van der Waals surface area contributed by atoms with Crippen LogP contribution in [0.15, 0.2) is 72.8 Å². The Morgan fingerprint density at radius 3 is 1.12 bits per heavy atom. The maximum absolute atomic E-state index is 11.5. The summed E-state index contributed by atoms with van der Waals surface area (Å²) in [6.07, 6.45) is 0.0569. The van der Waals surface area contributed by atoms with E-state index < -0.39 is 17.9 Å². The standard InChI is InChI=1S/C11H12O3.C9H10O.C8H8O2.C3H5O2.3C2H6.CO2.K/c1-8-5-3-4-6-9(8)10(12)7-11(13)14-2;1-7-5-3-4-6-9(7)8(2)10;1-6-4-2-3-5-7(6)8(9)10;1-3(4)5-2;3*1-2;2-1-3;/h3-6H,7H2,1-2H3;3-6H,1-2H3;2-5H,1H3,(H,9,10);1H2,2H3;3*1-2H3;;/q;;;-1;;;;;+1. The number of esters is 2. The monoisotopic (exact) mass is 708 g/mol. The number of Topliss-reactive ketones (excluding diaryl/α,β-unsaturated/α-hetero) is 2. The second-order valence-electron chi connectivity index (χ2n) is 8.14. The normalized spacial score (nSPS) is 7.76. The van der Waals surface area contributed by atoms with Crippen molar-refractivity contribution in [1.82, 2.24) is 0 Å². The van der Waals surface area contributed by atoms with Crippen LogP contribution in [-0.2, 0) is 28.7 Å². The number of aromatic carboxylic acids is 1. The minimum Gasteiger partial charge on any atom is -0.492 e. The molecule has 0 saturated carbocycles. The second-order valence-corrected chi connectivity index (χ2v) is 8.14. The van der Waals surface area contributed by atoms with Gasteiger partial charge in [-0.2, -0.15) is 9.59 Å². The Balaban J connectivity index is -0.000000119. The molecule has 266 valence electrons. The number of hydrogen-bond donors (Lipinski definition) is 1. The molecule has 3 aromatic rings. The number of hydrogen-bond acceptors (Lipinski definition) is 9. The number of carbonyl (C=O) groups is 5. The van der Waals surface area contributed by atoms with E-state index in [4.69, 9.17) is 14.7 Å². The molecule has 0 fully saturated rings. The first-order chi connectivity index (χ1) is 22.8. The van der Waals surface area contributed by atoms with E-state index in [1.807, 2.05) is 97.9 Å². The van der Waals surface area contributed by atoms with Crippen LogP contribution >= 0.6 is 0 Å². The molecule has 0 spiro atoms. The number of carboxylic acids is 1. The number of benzene rings is 3. The molecule has 3 rings (SSSR count). The summed E-state index contributed by atoms with van der Waals surface area (Å²) in [6.45, 7) is 22.0. The molecular weight excluding hydrogens is 656 g/mol. The van der Waals surface area contributed by atoms with E-state index in [0.29, 0.717) is 11.1 Å². The first-order valence-corrected chi connectivity index (χ1v) is 15.2. The minimum absolute atomic E-state index is 0. The molecule has 0 aromatic heterocycles. The van der Waals surface area contributed by atoms with Crippen molar-refractivity contribution in [3.05, 3.63) is 113 Å². The Hall–Kier alpha value is -3.70. The third-order valence-corrected chi connectivity index (χ3v) is 5.11. The van der Waals surface area contributed by atoms with Gasteiger partial charge in [-0.3, -0.25) is 26.1 Å². The summed E-state index contributed by atoms with van der Waals surface area (Å²) in [5.74, 6) is -1.92. The number of carbonyl (C=O) groups excluding carboxylic acids is 6. The van der Waals surface area contributed by atoms with Crippen LogP contribution in [0.25, 0.3) is 0 Å².